The first-order valence-electron chi connectivity index (χ1n) is 9.12. The molecule has 0 aliphatic heterocycles. The molecule has 138 valence electrons. The zero-order valence-corrected chi connectivity index (χ0v) is 15.4. The highest BCUT2D eigenvalue weighted by Crippen LogP contribution is 2.19. The summed E-state index contributed by atoms with van der Waals surface area (Å²) in [6, 6.07) is 22.8. The highest BCUT2D eigenvalue weighted by Gasteiger charge is 2.08. The average Bonchev–Trinajstić information content (AvgIpc) is 2.70. The molecule has 0 bridgehead atoms. The Hall–Kier alpha value is -3.27. The molecule has 3 N–H and O–H groups in total. The van der Waals surface area contributed by atoms with E-state index in [1.807, 2.05) is 36.4 Å². The maximum atomic E-state index is 12.3. The second-order valence-corrected chi connectivity index (χ2v) is 6.42. The molecule has 0 aromatic heterocycles. The smallest absolute Gasteiger partial charge is 0.255 e. The van der Waals surface area contributed by atoms with Gasteiger partial charge in [0, 0.05) is 5.56 Å². The fourth-order valence-corrected chi connectivity index (χ4v) is 2.77. The van der Waals surface area contributed by atoms with Gasteiger partial charge in [-0.15, -0.1) is 0 Å². The Bertz CT molecular complexity index is 887. The van der Waals surface area contributed by atoms with Crippen molar-refractivity contribution in [3.63, 3.8) is 0 Å². The topological polar surface area (TPSA) is 64.3 Å². The van der Waals surface area contributed by atoms with Crippen LogP contribution in [-0.4, -0.2) is 5.91 Å². The number of para-hydroxylation sites is 2. The molecule has 4 heteroatoms. The lowest BCUT2D eigenvalue weighted by atomic mass is 10.1. The number of benzene rings is 3. The summed E-state index contributed by atoms with van der Waals surface area (Å²) in [5.41, 5.74) is 9.91. The molecule has 0 saturated carbocycles. The number of aryl methyl sites for hydroxylation is 1. The first kappa shape index (κ1) is 18.5. The second kappa shape index (κ2) is 8.90. The molecule has 0 saturated heterocycles. The van der Waals surface area contributed by atoms with E-state index in [-0.39, 0.29) is 5.91 Å². The van der Waals surface area contributed by atoms with E-state index in [9.17, 15) is 4.79 Å². The molecule has 3 aromatic carbocycles. The van der Waals surface area contributed by atoms with E-state index in [4.69, 9.17) is 10.5 Å². The summed E-state index contributed by atoms with van der Waals surface area (Å²) >= 11 is 0. The Balaban J connectivity index is 1.56. The normalized spacial score (nSPS) is 10.4. The summed E-state index contributed by atoms with van der Waals surface area (Å²) in [7, 11) is 0. The van der Waals surface area contributed by atoms with Gasteiger partial charge in [0.25, 0.3) is 5.91 Å². The maximum Gasteiger partial charge on any atom is 0.255 e. The van der Waals surface area contributed by atoms with Gasteiger partial charge in [0.1, 0.15) is 12.4 Å². The highest BCUT2D eigenvalue weighted by atomic mass is 16.5. The number of hydrogen-bond acceptors (Lipinski definition) is 3. The van der Waals surface area contributed by atoms with Crippen LogP contribution in [0.15, 0.2) is 72.8 Å². The third-order valence-corrected chi connectivity index (χ3v) is 4.29. The van der Waals surface area contributed by atoms with Crippen molar-refractivity contribution in [2.45, 2.75) is 26.4 Å². The Morgan fingerprint density at radius 3 is 2.26 bits per heavy atom. The Kier molecular flexibility index (Phi) is 6.10. The van der Waals surface area contributed by atoms with Crippen LogP contribution < -0.4 is 15.8 Å². The zero-order valence-electron chi connectivity index (χ0n) is 15.4. The minimum atomic E-state index is -0.188. The van der Waals surface area contributed by atoms with Crippen molar-refractivity contribution in [3.8, 4) is 5.75 Å². The number of nitrogens with one attached hydrogen (secondary N) is 1. The van der Waals surface area contributed by atoms with Crippen molar-refractivity contribution in [1.29, 1.82) is 0 Å². The van der Waals surface area contributed by atoms with E-state index in [0.717, 1.165) is 24.2 Å². The Morgan fingerprint density at radius 2 is 1.59 bits per heavy atom. The molecule has 27 heavy (non-hydrogen) atoms. The Labute approximate surface area is 160 Å². The lowest BCUT2D eigenvalue weighted by Gasteiger charge is -2.09. The van der Waals surface area contributed by atoms with Crippen molar-refractivity contribution in [1.82, 2.24) is 0 Å². The van der Waals surface area contributed by atoms with E-state index < -0.39 is 0 Å². The molecule has 0 spiro atoms. The van der Waals surface area contributed by atoms with Gasteiger partial charge in [0.15, 0.2) is 0 Å². The van der Waals surface area contributed by atoms with Gasteiger partial charge in [-0.05, 0) is 53.9 Å². The summed E-state index contributed by atoms with van der Waals surface area (Å²) in [6.07, 6.45) is 2.22. The summed E-state index contributed by atoms with van der Waals surface area (Å²) in [5, 5.41) is 2.82. The predicted octanol–water partition coefficient (Wildman–Crippen LogP) is 5.05. The number of nitrogen functional groups attached to an aromatic ring is 1. The average molecular weight is 360 g/mol. The highest BCUT2D eigenvalue weighted by molar-refractivity contribution is 6.05. The van der Waals surface area contributed by atoms with Gasteiger partial charge < -0.3 is 15.8 Å². The molecule has 0 fully saturated rings. The second-order valence-electron chi connectivity index (χ2n) is 6.42. The number of amides is 1. The van der Waals surface area contributed by atoms with Crippen molar-refractivity contribution < 1.29 is 9.53 Å². The molecule has 3 aromatic rings. The molecular formula is C23H24N2O2. The lowest BCUT2D eigenvalue weighted by molar-refractivity contribution is 0.102. The van der Waals surface area contributed by atoms with Crippen LogP contribution in [0, 0.1) is 0 Å². The van der Waals surface area contributed by atoms with Crippen molar-refractivity contribution in [2.24, 2.45) is 0 Å². The largest absolute Gasteiger partial charge is 0.489 e. The summed E-state index contributed by atoms with van der Waals surface area (Å²) in [4.78, 5) is 12.3. The molecule has 0 heterocycles. The van der Waals surface area contributed by atoms with Gasteiger partial charge in [-0.2, -0.15) is 0 Å². The maximum absolute atomic E-state index is 12.3. The van der Waals surface area contributed by atoms with Gasteiger partial charge >= 0.3 is 0 Å². The lowest BCUT2D eigenvalue weighted by Crippen LogP contribution is -2.13. The van der Waals surface area contributed by atoms with E-state index in [2.05, 4.69) is 24.4 Å². The third-order valence-electron chi connectivity index (χ3n) is 4.29. The van der Waals surface area contributed by atoms with E-state index in [1.54, 1.807) is 24.3 Å². The van der Waals surface area contributed by atoms with Crippen LogP contribution in [0.25, 0.3) is 0 Å². The van der Waals surface area contributed by atoms with E-state index >= 15 is 0 Å². The van der Waals surface area contributed by atoms with Crippen LogP contribution in [0.4, 0.5) is 11.4 Å². The number of carbonyl (C=O) groups is 1. The molecule has 0 aliphatic rings. The summed E-state index contributed by atoms with van der Waals surface area (Å²) in [6.45, 7) is 2.63. The van der Waals surface area contributed by atoms with E-state index in [0.29, 0.717) is 23.5 Å². The Morgan fingerprint density at radius 1 is 0.926 bits per heavy atom. The third kappa shape index (κ3) is 5.11. The predicted molar refractivity (Wildman–Crippen MR) is 110 cm³/mol. The van der Waals surface area contributed by atoms with Crippen LogP contribution in [0.3, 0.4) is 0 Å². The standard InChI is InChI=1S/C23H24N2O2/c1-2-5-17-10-14-20(15-11-17)27-16-18-8-12-19(13-9-18)23(26)25-22-7-4-3-6-21(22)24/h3-4,6-15H,2,5,16,24H2,1H3,(H,25,26). The van der Waals surface area contributed by atoms with Crippen LogP contribution in [0.5, 0.6) is 5.75 Å². The first-order chi connectivity index (χ1) is 13.2. The molecule has 0 aliphatic carbocycles. The fraction of sp³-hybridized carbons (Fsp3) is 0.174. The minimum Gasteiger partial charge on any atom is -0.489 e. The summed E-state index contributed by atoms with van der Waals surface area (Å²) < 4.78 is 5.82. The van der Waals surface area contributed by atoms with Gasteiger partial charge in [-0.1, -0.05) is 49.7 Å². The molecular weight excluding hydrogens is 336 g/mol. The van der Waals surface area contributed by atoms with Gasteiger partial charge in [-0.25, -0.2) is 0 Å². The quantitative estimate of drug-likeness (QED) is 0.579. The van der Waals surface area contributed by atoms with E-state index in [1.165, 1.54) is 5.56 Å². The zero-order chi connectivity index (χ0) is 19.1. The number of ether oxygens (including phenoxy) is 1. The monoisotopic (exact) mass is 360 g/mol. The molecule has 0 radical (unpaired) electrons. The van der Waals surface area contributed by atoms with Crippen LogP contribution in [0.1, 0.15) is 34.8 Å². The van der Waals surface area contributed by atoms with Crippen LogP contribution in [0.2, 0.25) is 0 Å². The number of rotatable bonds is 7. The number of nitrogens with two attached hydrogens (primary N) is 1. The number of carbonyl (C=O) groups excluding carboxylic acids is 1. The van der Waals surface area contributed by atoms with Crippen molar-refractivity contribution in [3.05, 3.63) is 89.5 Å². The van der Waals surface area contributed by atoms with Gasteiger partial charge in [-0.3, -0.25) is 4.79 Å². The van der Waals surface area contributed by atoms with Crippen LogP contribution in [-0.2, 0) is 13.0 Å². The van der Waals surface area contributed by atoms with Crippen LogP contribution >= 0.6 is 0 Å². The summed E-state index contributed by atoms with van der Waals surface area (Å²) in [5.74, 6) is 0.656. The van der Waals surface area contributed by atoms with Crippen molar-refractivity contribution in [2.75, 3.05) is 11.1 Å². The molecule has 0 unspecified atom stereocenters. The van der Waals surface area contributed by atoms with Gasteiger partial charge in [0.2, 0.25) is 0 Å². The SMILES string of the molecule is CCCc1ccc(OCc2ccc(C(=O)Nc3ccccc3N)cc2)cc1. The molecule has 4 nitrogen and oxygen atoms in total. The van der Waals surface area contributed by atoms with Gasteiger partial charge in [0.05, 0.1) is 11.4 Å². The minimum absolute atomic E-state index is 0.188. The van der Waals surface area contributed by atoms with Crippen molar-refractivity contribution >= 4 is 17.3 Å². The fourth-order valence-electron chi connectivity index (χ4n) is 2.77. The molecule has 0 atom stereocenters. The first-order valence-corrected chi connectivity index (χ1v) is 9.12. The number of hydrogen-bond donors (Lipinski definition) is 2. The number of anilines is 2. The molecule has 3 rings (SSSR count). The molecule has 1 amide bonds.